The van der Waals surface area contributed by atoms with Crippen LogP contribution in [0.3, 0.4) is 0 Å². The van der Waals surface area contributed by atoms with E-state index in [0.29, 0.717) is 28.6 Å². The topological polar surface area (TPSA) is 99.3 Å². The van der Waals surface area contributed by atoms with Crippen LogP contribution in [-0.2, 0) is 25.9 Å². The molecule has 0 radical (unpaired) electrons. The summed E-state index contributed by atoms with van der Waals surface area (Å²) in [5, 5.41) is 5.66. The highest BCUT2D eigenvalue weighted by molar-refractivity contribution is 6.07. The van der Waals surface area contributed by atoms with Crippen LogP contribution in [0.1, 0.15) is 64.2 Å². The van der Waals surface area contributed by atoms with Crippen molar-refractivity contribution >= 4 is 34.9 Å². The number of nitrogens with zero attached hydrogens (tertiary/aromatic N) is 3. The molecule has 3 aromatic rings. The van der Waals surface area contributed by atoms with E-state index in [4.69, 9.17) is 4.74 Å². The van der Waals surface area contributed by atoms with Crippen LogP contribution in [0.25, 0.3) is 5.57 Å². The van der Waals surface area contributed by atoms with Crippen LogP contribution >= 0.6 is 0 Å². The van der Waals surface area contributed by atoms with Crippen molar-refractivity contribution in [3.05, 3.63) is 77.0 Å². The number of allylic oxidation sites excluding steroid dienone is 4. The number of hydrogen-bond acceptors (Lipinski definition) is 4. The van der Waals surface area contributed by atoms with E-state index in [1.807, 2.05) is 33.2 Å². The van der Waals surface area contributed by atoms with E-state index in [1.54, 1.807) is 52.2 Å². The van der Waals surface area contributed by atoms with Crippen LogP contribution in [0, 0.1) is 0 Å². The van der Waals surface area contributed by atoms with Crippen LogP contribution in [0.2, 0.25) is 0 Å². The molecular formula is C27H33N5O4. The number of esters is 1. The van der Waals surface area contributed by atoms with Crippen LogP contribution in [0.4, 0.5) is 11.5 Å². The van der Waals surface area contributed by atoms with Crippen molar-refractivity contribution < 1.29 is 19.1 Å². The fourth-order valence-electron chi connectivity index (χ4n) is 3.83. The third kappa shape index (κ3) is 5.68. The Morgan fingerprint density at radius 3 is 2.17 bits per heavy atom. The molecule has 0 atom stereocenters. The van der Waals surface area contributed by atoms with E-state index < -0.39 is 5.97 Å². The maximum absolute atomic E-state index is 13.0. The number of carbonyl (C=O) groups is 3. The molecule has 2 amide bonds. The van der Waals surface area contributed by atoms with Gasteiger partial charge in [-0.25, -0.2) is 4.79 Å². The molecule has 36 heavy (non-hydrogen) atoms. The fourth-order valence-corrected chi connectivity index (χ4v) is 3.83. The first-order chi connectivity index (χ1) is 17.0. The zero-order valence-electron chi connectivity index (χ0n) is 21.8. The van der Waals surface area contributed by atoms with Gasteiger partial charge in [-0.15, -0.1) is 0 Å². The Morgan fingerprint density at radius 1 is 0.889 bits per heavy atom. The standard InChI is InChI=1S/C27H33N5O4/c1-8-18(10-9-17(2)3)19-13-22(30(4)15-19)25(33)28-20-14-23(31(5)16-20)26(34)29-24-12-11-21(32(24)6)27(35)36-7/h9-16H,8H2,1-7H3,(H,28,33)(H,29,34)/b18-10+. The van der Waals surface area contributed by atoms with Crippen LogP contribution in [0.15, 0.2) is 54.4 Å². The monoisotopic (exact) mass is 491 g/mol. The number of methoxy groups -OCH3 is 1. The molecule has 0 aliphatic rings. The van der Waals surface area contributed by atoms with E-state index in [0.717, 1.165) is 17.6 Å². The van der Waals surface area contributed by atoms with Gasteiger partial charge in [0.2, 0.25) is 0 Å². The summed E-state index contributed by atoms with van der Waals surface area (Å²) < 4.78 is 9.70. The maximum Gasteiger partial charge on any atom is 0.354 e. The summed E-state index contributed by atoms with van der Waals surface area (Å²) >= 11 is 0. The third-order valence-corrected chi connectivity index (χ3v) is 5.86. The van der Waals surface area contributed by atoms with Gasteiger partial charge in [0, 0.05) is 33.5 Å². The Kier molecular flexibility index (Phi) is 8.03. The van der Waals surface area contributed by atoms with Crippen molar-refractivity contribution in [3.63, 3.8) is 0 Å². The van der Waals surface area contributed by atoms with Gasteiger partial charge in [0.15, 0.2) is 0 Å². The maximum atomic E-state index is 13.0. The Bertz CT molecular complexity index is 1360. The fraction of sp³-hybridized carbons (Fsp3) is 0.296. The molecule has 190 valence electrons. The van der Waals surface area contributed by atoms with Gasteiger partial charge in [0.25, 0.3) is 11.8 Å². The third-order valence-electron chi connectivity index (χ3n) is 5.86. The lowest BCUT2D eigenvalue weighted by atomic mass is 10.1. The number of amides is 2. The molecule has 0 saturated heterocycles. The highest BCUT2D eigenvalue weighted by Gasteiger charge is 2.19. The number of aryl methyl sites for hydroxylation is 2. The molecule has 0 unspecified atom stereocenters. The number of nitrogens with one attached hydrogen (secondary N) is 2. The Balaban J connectivity index is 1.76. The van der Waals surface area contributed by atoms with Gasteiger partial charge in [-0.2, -0.15) is 0 Å². The highest BCUT2D eigenvalue weighted by Crippen LogP contribution is 2.23. The summed E-state index contributed by atoms with van der Waals surface area (Å²) in [7, 11) is 6.51. The van der Waals surface area contributed by atoms with Gasteiger partial charge in [-0.05, 0) is 55.7 Å². The molecule has 0 saturated carbocycles. The minimum Gasteiger partial charge on any atom is -0.464 e. The van der Waals surface area contributed by atoms with Gasteiger partial charge in [-0.1, -0.05) is 24.6 Å². The van der Waals surface area contributed by atoms with E-state index in [9.17, 15) is 14.4 Å². The van der Waals surface area contributed by atoms with Gasteiger partial charge in [0.05, 0.1) is 12.8 Å². The normalized spacial score (nSPS) is 11.2. The second-order valence-electron chi connectivity index (χ2n) is 8.80. The number of hydrogen-bond donors (Lipinski definition) is 2. The van der Waals surface area contributed by atoms with Crippen molar-refractivity contribution in [2.75, 3.05) is 17.7 Å². The summed E-state index contributed by atoms with van der Waals surface area (Å²) in [4.78, 5) is 37.7. The lowest BCUT2D eigenvalue weighted by molar-refractivity contribution is 0.0589. The Morgan fingerprint density at radius 2 is 1.53 bits per heavy atom. The molecule has 0 fully saturated rings. The predicted octanol–water partition coefficient (Wildman–Crippen LogP) is 4.75. The average molecular weight is 492 g/mol. The lowest BCUT2D eigenvalue weighted by Gasteiger charge is -2.08. The van der Waals surface area contributed by atoms with Gasteiger partial charge in [-0.3, -0.25) is 9.59 Å². The average Bonchev–Trinajstić information content (AvgIpc) is 3.50. The molecule has 3 rings (SSSR count). The van der Waals surface area contributed by atoms with Crippen LogP contribution in [0.5, 0.6) is 0 Å². The van der Waals surface area contributed by atoms with Gasteiger partial charge < -0.3 is 29.1 Å². The predicted molar refractivity (Wildman–Crippen MR) is 141 cm³/mol. The number of aromatic nitrogens is 3. The first-order valence-electron chi connectivity index (χ1n) is 11.6. The SMILES string of the molecule is CC/C(=C\C=C(C)C)c1cc(C(=O)Nc2cc(C(=O)Nc3ccc(C(=O)OC)n3C)n(C)c2)n(C)c1. The number of ether oxygens (including phenoxy) is 1. The first-order valence-corrected chi connectivity index (χ1v) is 11.6. The smallest absolute Gasteiger partial charge is 0.354 e. The molecule has 0 spiro atoms. The molecule has 0 aliphatic heterocycles. The highest BCUT2D eigenvalue weighted by atomic mass is 16.5. The summed E-state index contributed by atoms with van der Waals surface area (Å²) in [6.45, 7) is 6.17. The quantitative estimate of drug-likeness (QED) is 0.351. The second-order valence-corrected chi connectivity index (χ2v) is 8.80. The molecule has 3 heterocycles. The second kappa shape index (κ2) is 11.0. The van der Waals surface area contributed by atoms with Crippen molar-refractivity contribution in [3.8, 4) is 0 Å². The molecule has 2 N–H and O–H groups in total. The number of carbonyl (C=O) groups excluding carboxylic acids is 3. The molecule has 0 aromatic carbocycles. The molecule has 0 bridgehead atoms. The summed E-state index contributed by atoms with van der Waals surface area (Å²) in [5.41, 5.74) is 5.00. The van der Waals surface area contributed by atoms with Crippen LogP contribution < -0.4 is 10.6 Å². The minimum atomic E-state index is -0.496. The van der Waals surface area contributed by atoms with Gasteiger partial charge >= 0.3 is 5.97 Å². The Hall–Kier alpha value is -4.27. The molecule has 9 heteroatoms. The summed E-state index contributed by atoms with van der Waals surface area (Å²) in [6, 6.07) is 6.67. The molecule has 3 aromatic heterocycles. The van der Waals surface area contributed by atoms with E-state index >= 15 is 0 Å². The molecule has 9 nitrogen and oxygen atoms in total. The molecule has 0 aliphatic carbocycles. The van der Waals surface area contributed by atoms with Crippen molar-refractivity contribution in [1.82, 2.24) is 13.7 Å². The van der Waals surface area contributed by atoms with Crippen molar-refractivity contribution in [1.29, 1.82) is 0 Å². The number of anilines is 2. The minimum absolute atomic E-state index is 0.274. The van der Waals surface area contributed by atoms with E-state index in [1.165, 1.54) is 12.7 Å². The van der Waals surface area contributed by atoms with Crippen molar-refractivity contribution in [2.45, 2.75) is 27.2 Å². The largest absolute Gasteiger partial charge is 0.464 e. The summed E-state index contributed by atoms with van der Waals surface area (Å²) in [6.07, 6.45) is 8.60. The van der Waals surface area contributed by atoms with Crippen molar-refractivity contribution in [2.24, 2.45) is 21.1 Å². The number of rotatable bonds is 8. The van der Waals surface area contributed by atoms with E-state index in [2.05, 4.69) is 29.7 Å². The lowest BCUT2D eigenvalue weighted by Crippen LogP contribution is -2.18. The zero-order chi connectivity index (χ0) is 26.6. The van der Waals surface area contributed by atoms with Crippen LogP contribution in [-0.4, -0.2) is 38.6 Å². The summed E-state index contributed by atoms with van der Waals surface area (Å²) in [5.74, 6) is -0.710. The van der Waals surface area contributed by atoms with E-state index in [-0.39, 0.29) is 11.8 Å². The first kappa shape index (κ1) is 26.3. The Labute approximate surface area is 211 Å². The zero-order valence-corrected chi connectivity index (χ0v) is 21.8. The van der Waals surface area contributed by atoms with Gasteiger partial charge in [0.1, 0.15) is 22.9 Å². The molecular weight excluding hydrogens is 458 g/mol.